The molecule has 1 aromatic carbocycles. The molecule has 0 aliphatic rings. The van der Waals surface area contributed by atoms with Crippen LogP contribution in [0.1, 0.15) is 10.4 Å². The van der Waals surface area contributed by atoms with Crippen molar-refractivity contribution in [2.45, 2.75) is 0 Å². The molecule has 0 fully saturated rings. The number of phenolic OH excluding ortho intramolecular Hbond substituents is 1. The summed E-state index contributed by atoms with van der Waals surface area (Å²) in [6, 6.07) is 0.870. The predicted molar refractivity (Wildman–Crippen MR) is 46.2 cm³/mol. The van der Waals surface area contributed by atoms with E-state index in [1.165, 1.54) is 0 Å². The van der Waals surface area contributed by atoms with Gasteiger partial charge in [0.1, 0.15) is 11.6 Å². The van der Waals surface area contributed by atoms with Gasteiger partial charge >= 0.3 is 0 Å². The third kappa shape index (κ3) is 1.44. The molecule has 0 radical (unpaired) electrons. The van der Waals surface area contributed by atoms with Crippen LogP contribution in [0.5, 0.6) is 5.75 Å². The maximum absolute atomic E-state index is 12.8. The lowest BCUT2D eigenvalue weighted by Gasteiger charge is -2.02. The van der Waals surface area contributed by atoms with Gasteiger partial charge in [-0.05, 0) is 22.0 Å². The first-order chi connectivity index (χ1) is 5.57. The molecular weight excluding hydrogens is 250 g/mol. The topological polar surface area (TPSA) is 37.3 Å². The summed E-state index contributed by atoms with van der Waals surface area (Å²) in [5.41, 5.74) is -0.135. The minimum atomic E-state index is -0.747. The zero-order chi connectivity index (χ0) is 9.30. The summed E-state index contributed by atoms with van der Waals surface area (Å²) in [6.45, 7) is 0. The van der Waals surface area contributed by atoms with Crippen LogP contribution in [-0.2, 0) is 0 Å². The van der Waals surface area contributed by atoms with Crippen molar-refractivity contribution < 1.29 is 14.3 Å². The Morgan fingerprint density at radius 1 is 1.67 bits per heavy atom. The van der Waals surface area contributed by atoms with Gasteiger partial charge in [0.05, 0.1) is 15.1 Å². The molecule has 0 saturated heterocycles. The molecule has 0 aliphatic heterocycles. The van der Waals surface area contributed by atoms with Crippen LogP contribution < -0.4 is 0 Å². The van der Waals surface area contributed by atoms with Crippen molar-refractivity contribution in [3.63, 3.8) is 0 Å². The van der Waals surface area contributed by atoms with Gasteiger partial charge < -0.3 is 5.11 Å². The number of rotatable bonds is 1. The molecule has 0 amide bonds. The van der Waals surface area contributed by atoms with Gasteiger partial charge in [-0.15, -0.1) is 0 Å². The van der Waals surface area contributed by atoms with Crippen LogP contribution in [-0.4, -0.2) is 11.4 Å². The van der Waals surface area contributed by atoms with Gasteiger partial charge in [0.2, 0.25) is 0 Å². The normalized spacial score (nSPS) is 9.92. The lowest BCUT2D eigenvalue weighted by molar-refractivity contribution is 0.112. The van der Waals surface area contributed by atoms with Gasteiger partial charge in [-0.2, -0.15) is 0 Å². The molecule has 1 rings (SSSR count). The van der Waals surface area contributed by atoms with Crippen molar-refractivity contribution in [2.24, 2.45) is 0 Å². The zero-order valence-corrected chi connectivity index (χ0v) is 7.99. The number of aldehydes is 1. The van der Waals surface area contributed by atoms with Crippen LogP contribution in [0.4, 0.5) is 4.39 Å². The summed E-state index contributed by atoms with van der Waals surface area (Å²) in [5.74, 6) is -1.10. The van der Waals surface area contributed by atoms with Crippen LogP contribution >= 0.6 is 27.5 Å². The minimum Gasteiger partial charge on any atom is -0.506 e. The van der Waals surface area contributed by atoms with E-state index in [0.717, 1.165) is 6.07 Å². The molecule has 0 unspecified atom stereocenters. The van der Waals surface area contributed by atoms with Crippen molar-refractivity contribution in [3.8, 4) is 5.75 Å². The molecule has 12 heavy (non-hydrogen) atoms. The summed E-state index contributed by atoms with van der Waals surface area (Å²) in [5, 5.41) is 8.94. The Kier molecular flexibility index (Phi) is 2.69. The van der Waals surface area contributed by atoms with E-state index < -0.39 is 5.82 Å². The SMILES string of the molecule is O=Cc1cc(F)c(Cl)c(Br)c1O. The minimum absolute atomic E-state index is 0.00809. The van der Waals surface area contributed by atoms with Gasteiger partial charge in [-0.25, -0.2) is 4.39 Å². The average molecular weight is 253 g/mol. The van der Waals surface area contributed by atoms with Crippen molar-refractivity contribution in [2.75, 3.05) is 0 Å². The molecule has 0 aliphatic carbocycles. The van der Waals surface area contributed by atoms with E-state index in [9.17, 15) is 14.3 Å². The lowest BCUT2D eigenvalue weighted by atomic mass is 10.2. The lowest BCUT2D eigenvalue weighted by Crippen LogP contribution is -1.87. The first-order valence-electron chi connectivity index (χ1n) is 2.89. The molecule has 0 aromatic heterocycles. The van der Waals surface area contributed by atoms with Gasteiger partial charge in [-0.3, -0.25) is 4.79 Å². The molecule has 0 heterocycles. The van der Waals surface area contributed by atoms with Crippen molar-refractivity contribution >= 4 is 33.8 Å². The summed E-state index contributed by atoms with van der Waals surface area (Å²) in [7, 11) is 0. The van der Waals surface area contributed by atoms with Crippen molar-refractivity contribution in [3.05, 3.63) is 26.9 Å². The van der Waals surface area contributed by atoms with Gasteiger partial charge in [0.25, 0.3) is 0 Å². The molecule has 5 heteroatoms. The Balaban J connectivity index is 3.49. The predicted octanol–water partition coefficient (Wildman–Crippen LogP) is 2.76. The summed E-state index contributed by atoms with van der Waals surface area (Å²) < 4.78 is 12.8. The molecule has 1 aromatic rings. The Labute approximate surface area is 81.1 Å². The fourth-order valence-electron chi connectivity index (χ4n) is 0.694. The molecule has 0 bridgehead atoms. The highest BCUT2D eigenvalue weighted by Gasteiger charge is 2.13. The summed E-state index contributed by atoms with van der Waals surface area (Å²) in [6.07, 6.45) is 0.347. The average Bonchev–Trinajstić information content (AvgIpc) is 2.08. The van der Waals surface area contributed by atoms with E-state index in [1.54, 1.807) is 0 Å². The zero-order valence-electron chi connectivity index (χ0n) is 5.64. The highest BCUT2D eigenvalue weighted by Crippen LogP contribution is 2.35. The fraction of sp³-hybridized carbons (Fsp3) is 0. The number of carbonyl (C=O) groups excluding carboxylic acids is 1. The van der Waals surface area contributed by atoms with Gasteiger partial charge in [0, 0.05) is 0 Å². The number of phenols is 1. The highest BCUT2D eigenvalue weighted by atomic mass is 79.9. The Morgan fingerprint density at radius 2 is 2.25 bits per heavy atom. The summed E-state index contributed by atoms with van der Waals surface area (Å²) in [4.78, 5) is 10.3. The molecule has 0 atom stereocenters. The molecule has 2 nitrogen and oxygen atoms in total. The van der Waals surface area contributed by atoms with E-state index in [4.69, 9.17) is 11.6 Å². The largest absolute Gasteiger partial charge is 0.506 e. The standard InChI is InChI=1S/C7H3BrClFO2/c8-5-6(9)4(10)1-3(2-11)7(5)12/h1-2,12H. The van der Waals surface area contributed by atoms with Crippen LogP contribution in [0.15, 0.2) is 10.5 Å². The Hall–Kier alpha value is -0.610. The monoisotopic (exact) mass is 252 g/mol. The van der Waals surface area contributed by atoms with Crippen LogP contribution in [0.25, 0.3) is 0 Å². The summed E-state index contributed by atoms with van der Waals surface area (Å²) >= 11 is 8.25. The molecule has 0 spiro atoms. The van der Waals surface area contributed by atoms with Crippen LogP contribution in [0, 0.1) is 5.82 Å². The number of halogens is 3. The van der Waals surface area contributed by atoms with E-state index in [0.29, 0.717) is 6.29 Å². The molecule has 0 saturated carbocycles. The number of hydrogen-bond donors (Lipinski definition) is 1. The van der Waals surface area contributed by atoms with Crippen LogP contribution in [0.3, 0.4) is 0 Å². The first kappa shape index (κ1) is 9.48. The Morgan fingerprint density at radius 3 is 2.75 bits per heavy atom. The maximum atomic E-state index is 12.8. The molecule has 64 valence electrons. The fourth-order valence-corrected chi connectivity index (χ4v) is 1.26. The number of aromatic hydroxyl groups is 1. The maximum Gasteiger partial charge on any atom is 0.153 e. The van der Waals surface area contributed by atoms with Crippen molar-refractivity contribution in [1.29, 1.82) is 0 Å². The van der Waals surface area contributed by atoms with E-state index in [2.05, 4.69) is 15.9 Å². The van der Waals surface area contributed by atoms with Gasteiger partial charge in [-0.1, -0.05) is 11.6 Å². The third-order valence-corrected chi connectivity index (χ3v) is 2.66. The molecular formula is C7H3BrClFO2. The van der Waals surface area contributed by atoms with Crippen molar-refractivity contribution in [1.82, 2.24) is 0 Å². The van der Waals surface area contributed by atoms with E-state index >= 15 is 0 Å². The second kappa shape index (κ2) is 3.41. The van der Waals surface area contributed by atoms with Crippen LogP contribution in [0.2, 0.25) is 5.02 Å². The Bertz CT molecular complexity index is 341. The second-order valence-corrected chi connectivity index (χ2v) is 3.21. The smallest absolute Gasteiger partial charge is 0.153 e. The highest BCUT2D eigenvalue weighted by molar-refractivity contribution is 9.10. The first-order valence-corrected chi connectivity index (χ1v) is 4.06. The van der Waals surface area contributed by atoms with Gasteiger partial charge in [0.15, 0.2) is 6.29 Å². The quantitative estimate of drug-likeness (QED) is 0.617. The molecule has 1 N–H and O–H groups in total. The number of hydrogen-bond acceptors (Lipinski definition) is 2. The third-order valence-electron chi connectivity index (χ3n) is 1.29. The van der Waals surface area contributed by atoms with E-state index in [-0.39, 0.29) is 20.8 Å². The number of carbonyl (C=O) groups is 1. The van der Waals surface area contributed by atoms with E-state index in [1.807, 2.05) is 0 Å². The second-order valence-electron chi connectivity index (χ2n) is 2.04. The number of benzene rings is 1.